The SMILES string of the molecule is Cc1ccc2cc(C(=O)C(N)c3cnn(C)c3)ccc2n1. The highest BCUT2D eigenvalue weighted by Crippen LogP contribution is 2.20. The molecule has 2 heterocycles. The van der Waals surface area contributed by atoms with E-state index in [1.807, 2.05) is 31.2 Å². The van der Waals surface area contributed by atoms with Crippen LogP contribution >= 0.6 is 0 Å². The van der Waals surface area contributed by atoms with E-state index in [9.17, 15) is 4.79 Å². The first kappa shape index (κ1) is 13.5. The number of Topliss-reactive ketones (excluding diaryl/α,β-unsaturated/α-hetero) is 1. The lowest BCUT2D eigenvalue weighted by Crippen LogP contribution is -2.21. The average Bonchev–Trinajstić information content (AvgIpc) is 2.91. The molecule has 2 N–H and O–H groups in total. The van der Waals surface area contributed by atoms with Gasteiger partial charge in [-0.25, -0.2) is 0 Å². The van der Waals surface area contributed by atoms with E-state index in [4.69, 9.17) is 5.73 Å². The summed E-state index contributed by atoms with van der Waals surface area (Å²) in [6.45, 7) is 1.94. The molecule has 1 atom stereocenters. The van der Waals surface area contributed by atoms with Crippen molar-refractivity contribution in [3.63, 3.8) is 0 Å². The second-order valence-electron chi connectivity index (χ2n) is 5.15. The Morgan fingerprint density at radius 2 is 2.10 bits per heavy atom. The summed E-state index contributed by atoms with van der Waals surface area (Å²) in [5.74, 6) is -0.120. The number of carbonyl (C=O) groups excluding carboxylic acids is 1. The van der Waals surface area contributed by atoms with Crippen molar-refractivity contribution < 1.29 is 4.79 Å². The fourth-order valence-electron chi connectivity index (χ4n) is 2.31. The van der Waals surface area contributed by atoms with Crippen molar-refractivity contribution in [2.75, 3.05) is 0 Å². The number of nitrogens with two attached hydrogens (primary N) is 1. The molecule has 0 saturated carbocycles. The van der Waals surface area contributed by atoms with Gasteiger partial charge in [0.05, 0.1) is 17.8 Å². The van der Waals surface area contributed by atoms with Crippen LogP contribution in [-0.4, -0.2) is 20.5 Å². The Hall–Kier alpha value is -2.53. The van der Waals surface area contributed by atoms with Crippen molar-refractivity contribution in [2.45, 2.75) is 13.0 Å². The Labute approximate surface area is 122 Å². The maximum absolute atomic E-state index is 12.5. The first-order valence-electron chi connectivity index (χ1n) is 6.70. The van der Waals surface area contributed by atoms with Gasteiger partial charge < -0.3 is 5.73 Å². The number of rotatable bonds is 3. The monoisotopic (exact) mass is 280 g/mol. The minimum Gasteiger partial charge on any atom is -0.317 e. The van der Waals surface area contributed by atoms with Crippen LogP contribution in [0.1, 0.15) is 27.7 Å². The minimum atomic E-state index is -0.699. The lowest BCUT2D eigenvalue weighted by atomic mass is 9.99. The van der Waals surface area contributed by atoms with Crippen molar-refractivity contribution in [3.8, 4) is 0 Å². The molecule has 3 rings (SSSR count). The Kier molecular flexibility index (Phi) is 3.27. The summed E-state index contributed by atoms with van der Waals surface area (Å²) in [6, 6.07) is 8.65. The summed E-state index contributed by atoms with van der Waals surface area (Å²) in [5, 5.41) is 4.98. The predicted octanol–water partition coefficient (Wildman–Crippen LogP) is 2.16. The average molecular weight is 280 g/mol. The molecule has 1 unspecified atom stereocenters. The molecule has 0 aliphatic heterocycles. The van der Waals surface area contributed by atoms with Gasteiger partial charge in [-0.15, -0.1) is 0 Å². The van der Waals surface area contributed by atoms with Gasteiger partial charge in [-0.05, 0) is 31.2 Å². The molecular formula is C16H16N4O. The molecule has 0 radical (unpaired) electrons. The van der Waals surface area contributed by atoms with Crippen LogP contribution < -0.4 is 5.73 Å². The summed E-state index contributed by atoms with van der Waals surface area (Å²) in [7, 11) is 1.80. The molecule has 3 aromatic rings. The summed E-state index contributed by atoms with van der Waals surface area (Å²) in [5.41, 5.74) is 9.16. The molecule has 0 saturated heterocycles. The third-order valence-electron chi connectivity index (χ3n) is 3.48. The molecule has 0 spiro atoms. The Balaban J connectivity index is 1.96. The zero-order valence-electron chi connectivity index (χ0n) is 11.9. The van der Waals surface area contributed by atoms with Crippen molar-refractivity contribution in [1.29, 1.82) is 0 Å². The number of benzene rings is 1. The molecule has 0 bridgehead atoms. The fourth-order valence-corrected chi connectivity index (χ4v) is 2.31. The number of hydrogen-bond donors (Lipinski definition) is 1. The Bertz CT molecular complexity index is 822. The summed E-state index contributed by atoms with van der Waals surface area (Å²) in [4.78, 5) is 16.9. The van der Waals surface area contributed by atoms with E-state index in [1.54, 1.807) is 30.2 Å². The molecule has 0 aliphatic rings. The number of pyridine rings is 1. The molecule has 0 fully saturated rings. The van der Waals surface area contributed by atoms with E-state index < -0.39 is 6.04 Å². The number of aryl methyl sites for hydroxylation is 2. The van der Waals surface area contributed by atoms with Gasteiger partial charge in [0.25, 0.3) is 0 Å². The second-order valence-corrected chi connectivity index (χ2v) is 5.15. The molecule has 2 aromatic heterocycles. The van der Waals surface area contributed by atoms with E-state index in [0.29, 0.717) is 11.1 Å². The third-order valence-corrected chi connectivity index (χ3v) is 3.48. The van der Waals surface area contributed by atoms with Crippen LogP contribution in [0.2, 0.25) is 0 Å². The smallest absolute Gasteiger partial charge is 0.184 e. The molecule has 5 heteroatoms. The largest absolute Gasteiger partial charge is 0.317 e. The zero-order chi connectivity index (χ0) is 15.0. The molecule has 106 valence electrons. The van der Waals surface area contributed by atoms with Gasteiger partial charge in [0.1, 0.15) is 0 Å². The first-order valence-corrected chi connectivity index (χ1v) is 6.70. The Morgan fingerprint density at radius 1 is 1.29 bits per heavy atom. The topological polar surface area (TPSA) is 73.8 Å². The van der Waals surface area contributed by atoms with E-state index >= 15 is 0 Å². The van der Waals surface area contributed by atoms with E-state index in [2.05, 4.69) is 10.1 Å². The van der Waals surface area contributed by atoms with Crippen molar-refractivity contribution in [2.24, 2.45) is 12.8 Å². The number of nitrogens with zero attached hydrogens (tertiary/aromatic N) is 3. The molecule has 5 nitrogen and oxygen atoms in total. The summed E-state index contributed by atoms with van der Waals surface area (Å²) in [6.07, 6.45) is 3.38. The standard InChI is InChI=1S/C16H16N4O/c1-10-3-4-11-7-12(5-6-14(11)19-10)16(21)15(17)13-8-18-20(2)9-13/h3-9,15H,17H2,1-2H3. The van der Waals surface area contributed by atoms with Gasteiger partial charge in [-0.2, -0.15) is 5.10 Å². The highest BCUT2D eigenvalue weighted by atomic mass is 16.1. The first-order chi connectivity index (χ1) is 10.0. The summed E-state index contributed by atoms with van der Waals surface area (Å²) < 4.78 is 1.63. The Morgan fingerprint density at radius 3 is 2.81 bits per heavy atom. The maximum atomic E-state index is 12.5. The number of aromatic nitrogens is 3. The molecule has 0 amide bonds. The van der Waals surface area contributed by atoms with Gasteiger partial charge in [0.2, 0.25) is 0 Å². The van der Waals surface area contributed by atoms with Crippen LogP contribution in [0.25, 0.3) is 10.9 Å². The highest BCUT2D eigenvalue weighted by molar-refractivity contribution is 6.03. The molecule has 1 aromatic carbocycles. The predicted molar refractivity (Wildman–Crippen MR) is 80.9 cm³/mol. The van der Waals surface area contributed by atoms with Crippen LogP contribution in [0.15, 0.2) is 42.7 Å². The van der Waals surface area contributed by atoms with Crippen LogP contribution in [0.5, 0.6) is 0 Å². The second kappa shape index (κ2) is 5.10. The molecule has 21 heavy (non-hydrogen) atoms. The number of carbonyl (C=O) groups is 1. The van der Waals surface area contributed by atoms with Crippen LogP contribution in [0.3, 0.4) is 0 Å². The number of hydrogen-bond acceptors (Lipinski definition) is 4. The van der Waals surface area contributed by atoms with Gasteiger partial charge in [0.15, 0.2) is 5.78 Å². The normalized spacial score (nSPS) is 12.5. The number of fused-ring (bicyclic) bond motifs is 1. The van der Waals surface area contributed by atoms with Gasteiger partial charge in [0, 0.05) is 35.5 Å². The van der Waals surface area contributed by atoms with E-state index in [1.165, 1.54) is 0 Å². The summed E-state index contributed by atoms with van der Waals surface area (Å²) >= 11 is 0. The van der Waals surface area contributed by atoms with E-state index in [0.717, 1.165) is 16.6 Å². The molecule has 0 aliphatic carbocycles. The zero-order valence-corrected chi connectivity index (χ0v) is 11.9. The fraction of sp³-hybridized carbons (Fsp3) is 0.188. The van der Waals surface area contributed by atoms with E-state index in [-0.39, 0.29) is 5.78 Å². The van der Waals surface area contributed by atoms with Crippen molar-refractivity contribution in [1.82, 2.24) is 14.8 Å². The minimum absolute atomic E-state index is 0.120. The lowest BCUT2D eigenvalue weighted by Gasteiger charge is -2.09. The number of ketones is 1. The highest BCUT2D eigenvalue weighted by Gasteiger charge is 2.19. The van der Waals surface area contributed by atoms with Gasteiger partial charge in [-0.3, -0.25) is 14.5 Å². The van der Waals surface area contributed by atoms with Gasteiger partial charge in [-0.1, -0.05) is 6.07 Å². The molecular weight excluding hydrogens is 264 g/mol. The van der Waals surface area contributed by atoms with Crippen LogP contribution in [0.4, 0.5) is 0 Å². The third kappa shape index (κ3) is 2.55. The maximum Gasteiger partial charge on any atom is 0.184 e. The van der Waals surface area contributed by atoms with Crippen LogP contribution in [-0.2, 0) is 7.05 Å². The van der Waals surface area contributed by atoms with Crippen molar-refractivity contribution >= 4 is 16.7 Å². The lowest BCUT2D eigenvalue weighted by molar-refractivity contribution is 0.0961. The quantitative estimate of drug-likeness (QED) is 0.746. The van der Waals surface area contributed by atoms with Crippen molar-refractivity contribution in [3.05, 3.63) is 59.5 Å². The van der Waals surface area contributed by atoms with Gasteiger partial charge >= 0.3 is 0 Å². The van der Waals surface area contributed by atoms with Crippen LogP contribution in [0, 0.1) is 6.92 Å².